The second-order valence-corrected chi connectivity index (χ2v) is 5.65. The lowest BCUT2D eigenvalue weighted by Gasteiger charge is -2.23. The van der Waals surface area contributed by atoms with Crippen LogP contribution in [0.5, 0.6) is 5.75 Å². The molecule has 2 unspecified atom stereocenters. The number of nitrogens with two attached hydrogens (primary N) is 1. The predicted octanol–water partition coefficient (Wildman–Crippen LogP) is 3.37. The van der Waals surface area contributed by atoms with E-state index in [1.165, 1.54) is 6.07 Å². The van der Waals surface area contributed by atoms with Crippen LogP contribution < -0.4 is 10.5 Å². The summed E-state index contributed by atoms with van der Waals surface area (Å²) in [6.07, 6.45) is -1.03. The number of benzene rings is 2. The molecule has 0 aliphatic heterocycles. The van der Waals surface area contributed by atoms with Gasteiger partial charge >= 0.3 is 0 Å². The van der Waals surface area contributed by atoms with Crippen LogP contribution in [-0.2, 0) is 0 Å². The van der Waals surface area contributed by atoms with Gasteiger partial charge in [-0.05, 0) is 35.9 Å². The van der Waals surface area contributed by atoms with Gasteiger partial charge in [0, 0.05) is 22.5 Å². The Kier molecular flexibility index (Phi) is 5.33. The first-order chi connectivity index (χ1) is 10.1. The molecule has 0 heterocycles. The third-order valence-corrected chi connectivity index (χ3v) is 3.93. The summed E-state index contributed by atoms with van der Waals surface area (Å²) in [5.74, 6) is -0.191. The fourth-order valence-corrected chi connectivity index (χ4v) is 2.66. The molecule has 0 fully saturated rings. The number of hydrogen-bond acceptors (Lipinski definition) is 3. The number of rotatable bonds is 5. The largest absolute Gasteiger partial charge is 0.497 e. The molecule has 2 atom stereocenters. The predicted molar refractivity (Wildman–Crippen MR) is 83.8 cm³/mol. The molecule has 0 radical (unpaired) electrons. The maximum Gasteiger partial charge on any atom is 0.129 e. The summed E-state index contributed by atoms with van der Waals surface area (Å²) in [5, 5.41) is 10.5. The minimum atomic E-state index is -1.03. The summed E-state index contributed by atoms with van der Waals surface area (Å²) in [7, 11) is 1.57. The van der Waals surface area contributed by atoms with Gasteiger partial charge in [0.2, 0.25) is 0 Å². The Balaban J connectivity index is 2.37. The molecular formula is C16H17BrFNO2. The number of aliphatic hydroxyl groups is 1. The van der Waals surface area contributed by atoms with E-state index in [0.29, 0.717) is 10.2 Å². The maximum atomic E-state index is 13.9. The Morgan fingerprint density at radius 2 is 2.05 bits per heavy atom. The summed E-state index contributed by atoms with van der Waals surface area (Å²) < 4.78 is 19.8. The van der Waals surface area contributed by atoms with Crippen LogP contribution in [-0.4, -0.2) is 18.8 Å². The lowest BCUT2D eigenvalue weighted by atomic mass is 9.89. The Hall–Kier alpha value is -1.43. The highest BCUT2D eigenvalue weighted by atomic mass is 79.9. The smallest absolute Gasteiger partial charge is 0.129 e. The van der Waals surface area contributed by atoms with E-state index < -0.39 is 17.8 Å². The van der Waals surface area contributed by atoms with Crippen LogP contribution in [0.25, 0.3) is 0 Å². The Morgan fingerprint density at radius 1 is 1.29 bits per heavy atom. The fourth-order valence-electron chi connectivity index (χ4n) is 2.28. The van der Waals surface area contributed by atoms with Crippen LogP contribution in [0.15, 0.2) is 46.9 Å². The van der Waals surface area contributed by atoms with Gasteiger partial charge in [0.25, 0.3) is 0 Å². The molecule has 0 saturated carbocycles. The fraction of sp³-hybridized carbons (Fsp3) is 0.250. The van der Waals surface area contributed by atoms with Crippen molar-refractivity contribution in [1.29, 1.82) is 0 Å². The van der Waals surface area contributed by atoms with Crippen LogP contribution >= 0.6 is 15.9 Å². The average Bonchev–Trinajstić information content (AvgIpc) is 2.50. The van der Waals surface area contributed by atoms with Crippen molar-refractivity contribution in [2.45, 2.75) is 12.0 Å². The van der Waals surface area contributed by atoms with Gasteiger partial charge in [-0.1, -0.05) is 28.1 Å². The van der Waals surface area contributed by atoms with E-state index in [1.54, 1.807) is 25.3 Å². The highest BCUT2D eigenvalue weighted by Crippen LogP contribution is 2.34. The molecule has 0 aromatic heterocycles. The van der Waals surface area contributed by atoms with Crippen molar-refractivity contribution >= 4 is 15.9 Å². The van der Waals surface area contributed by atoms with Gasteiger partial charge in [-0.3, -0.25) is 0 Å². The van der Waals surface area contributed by atoms with Crippen molar-refractivity contribution in [3.63, 3.8) is 0 Å². The molecule has 0 amide bonds. The zero-order valence-electron chi connectivity index (χ0n) is 11.6. The molecule has 2 aromatic rings. The van der Waals surface area contributed by atoms with Crippen molar-refractivity contribution in [1.82, 2.24) is 0 Å². The average molecular weight is 354 g/mol. The van der Waals surface area contributed by atoms with Crippen LogP contribution in [0, 0.1) is 5.82 Å². The van der Waals surface area contributed by atoms with E-state index in [1.807, 2.05) is 18.2 Å². The molecule has 21 heavy (non-hydrogen) atoms. The van der Waals surface area contributed by atoms with Gasteiger partial charge in [0.1, 0.15) is 11.6 Å². The summed E-state index contributed by atoms with van der Waals surface area (Å²) in [5.41, 5.74) is 6.82. The third kappa shape index (κ3) is 3.61. The standard InChI is InChI=1S/C16H17BrFNO2/c1-21-12-4-2-3-10(7-12)14(9-19)16(20)13-8-11(17)5-6-15(13)18/h2-8,14,16,20H,9,19H2,1H3. The van der Waals surface area contributed by atoms with Crippen molar-refractivity contribution in [2.75, 3.05) is 13.7 Å². The quantitative estimate of drug-likeness (QED) is 0.866. The second-order valence-electron chi connectivity index (χ2n) is 4.73. The van der Waals surface area contributed by atoms with E-state index in [-0.39, 0.29) is 12.1 Å². The number of aliphatic hydroxyl groups excluding tert-OH is 1. The highest BCUT2D eigenvalue weighted by molar-refractivity contribution is 9.10. The summed E-state index contributed by atoms with van der Waals surface area (Å²) in [4.78, 5) is 0. The van der Waals surface area contributed by atoms with Gasteiger partial charge < -0.3 is 15.6 Å². The molecule has 2 rings (SSSR count). The van der Waals surface area contributed by atoms with Gasteiger partial charge in [0.05, 0.1) is 13.2 Å². The maximum absolute atomic E-state index is 13.9. The van der Waals surface area contributed by atoms with Crippen LogP contribution in [0.4, 0.5) is 4.39 Å². The van der Waals surface area contributed by atoms with Crippen molar-refractivity contribution in [2.24, 2.45) is 5.73 Å². The lowest BCUT2D eigenvalue weighted by molar-refractivity contribution is 0.143. The minimum Gasteiger partial charge on any atom is -0.497 e. The first kappa shape index (κ1) is 15.9. The normalized spacial score (nSPS) is 13.8. The first-order valence-electron chi connectivity index (χ1n) is 6.54. The Morgan fingerprint density at radius 3 is 2.71 bits per heavy atom. The van der Waals surface area contributed by atoms with E-state index in [9.17, 15) is 9.50 Å². The highest BCUT2D eigenvalue weighted by Gasteiger charge is 2.24. The van der Waals surface area contributed by atoms with Gasteiger partial charge in [-0.15, -0.1) is 0 Å². The zero-order valence-corrected chi connectivity index (χ0v) is 13.2. The van der Waals surface area contributed by atoms with Crippen LogP contribution in [0.1, 0.15) is 23.1 Å². The Bertz CT molecular complexity index is 621. The minimum absolute atomic E-state index is 0.195. The second kappa shape index (κ2) is 7.02. The van der Waals surface area contributed by atoms with Gasteiger partial charge in [-0.2, -0.15) is 0 Å². The summed E-state index contributed by atoms with van der Waals surface area (Å²) >= 11 is 3.29. The number of hydrogen-bond donors (Lipinski definition) is 2. The monoisotopic (exact) mass is 353 g/mol. The van der Waals surface area contributed by atoms with Crippen molar-refractivity contribution < 1.29 is 14.2 Å². The number of methoxy groups -OCH3 is 1. The van der Waals surface area contributed by atoms with E-state index in [4.69, 9.17) is 10.5 Å². The SMILES string of the molecule is COc1cccc(C(CN)C(O)c2cc(Br)ccc2F)c1. The van der Waals surface area contributed by atoms with Gasteiger partial charge in [0.15, 0.2) is 0 Å². The summed E-state index contributed by atoms with van der Waals surface area (Å²) in [6, 6.07) is 11.8. The summed E-state index contributed by atoms with van der Waals surface area (Å²) in [6.45, 7) is 0.195. The first-order valence-corrected chi connectivity index (χ1v) is 7.33. The van der Waals surface area contributed by atoms with Gasteiger partial charge in [-0.25, -0.2) is 4.39 Å². The van der Waals surface area contributed by atoms with E-state index >= 15 is 0 Å². The van der Waals surface area contributed by atoms with Crippen molar-refractivity contribution in [3.8, 4) is 5.75 Å². The number of halogens is 2. The van der Waals surface area contributed by atoms with E-state index in [2.05, 4.69) is 15.9 Å². The zero-order chi connectivity index (χ0) is 15.4. The molecule has 0 aliphatic rings. The topological polar surface area (TPSA) is 55.5 Å². The molecule has 3 nitrogen and oxygen atoms in total. The molecule has 112 valence electrons. The van der Waals surface area contributed by atoms with E-state index in [0.717, 1.165) is 5.56 Å². The van der Waals surface area contributed by atoms with Crippen molar-refractivity contribution in [3.05, 3.63) is 63.9 Å². The molecule has 5 heteroatoms. The van der Waals surface area contributed by atoms with Crippen LogP contribution in [0.2, 0.25) is 0 Å². The third-order valence-electron chi connectivity index (χ3n) is 3.43. The lowest BCUT2D eigenvalue weighted by Crippen LogP contribution is -2.21. The van der Waals surface area contributed by atoms with Crippen LogP contribution in [0.3, 0.4) is 0 Å². The molecule has 3 N–H and O–H groups in total. The molecule has 0 saturated heterocycles. The molecule has 2 aromatic carbocycles. The number of ether oxygens (including phenoxy) is 1. The molecular weight excluding hydrogens is 337 g/mol. The Labute approximate surface area is 131 Å². The molecule has 0 bridgehead atoms. The molecule has 0 spiro atoms. The molecule has 0 aliphatic carbocycles.